The average Bonchev–Trinajstić information content (AvgIpc) is 3.36. The zero-order valence-electron chi connectivity index (χ0n) is 21.4. The summed E-state index contributed by atoms with van der Waals surface area (Å²) in [6.45, 7) is 2.81. The van der Waals surface area contributed by atoms with Crippen LogP contribution in [-0.2, 0) is 17.8 Å². The number of anilines is 1. The van der Waals surface area contributed by atoms with E-state index in [2.05, 4.69) is 21.6 Å². The Morgan fingerprint density at radius 1 is 1.00 bits per heavy atom. The number of aromatic nitrogens is 3. The van der Waals surface area contributed by atoms with Gasteiger partial charge in [-0.2, -0.15) is 0 Å². The molecule has 0 bridgehead atoms. The quantitative estimate of drug-likeness (QED) is 0.337. The van der Waals surface area contributed by atoms with E-state index in [0.29, 0.717) is 28.8 Å². The van der Waals surface area contributed by atoms with Crippen LogP contribution in [0.2, 0.25) is 0 Å². The minimum absolute atomic E-state index is 0.0195. The van der Waals surface area contributed by atoms with Crippen LogP contribution in [-0.4, -0.2) is 46.0 Å². The van der Waals surface area contributed by atoms with Crippen LogP contribution >= 0.6 is 11.8 Å². The number of nitrogens with zero attached hydrogens (tertiary/aromatic N) is 4. The van der Waals surface area contributed by atoms with Gasteiger partial charge in [0.2, 0.25) is 5.91 Å². The fourth-order valence-corrected chi connectivity index (χ4v) is 5.45. The highest BCUT2D eigenvalue weighted by Crippen LogP contribution is 2.31. The number of carbonyl (C=O) groups excluding carboxylic acids is 2. The molecule has 4 aromatic rings. The molecule has 2 heterocycles. The minimum atomic E-state index is -0.198. The van der Waals surface area contributed by atoms with E-state index in [1.54, 1.807) is 13.2 Å². The number of para-hydroxylation sites is 3. The van der Waals surface area contributed by atoms with Crippen LogP contribution in [0.1, 0.15) is 33.7 Å². The lowest BCUT2D eigenvalue weighted by molar-refractivity contribution is -0.116. The third kappa shape index (κ3) is 5.43. The molecule has 2 amide bonds. The lowest BCUT2D eigenvalue weighted by atomic mass is 10.0. The van der Waals surface area contributed by atoms with Gasteiger partial charge in [0.25, 0.3) is 5.91 Å². The van der Waals surface area contributed by atoms with Crippen LogP contribution in [0.5, 0.6) is 5.75 Å². The number of benzene rings is 3. The van der Waals surface area contributed by atoms with Crippen LogP contribution in [0.3, 0.4) is 0 Å². The monoisotopic (exact) mass is 527 g/mol. The Balaban J connectivity index is 1.38. The molecule has 3 aromatic carbocycles. The first-order valence-corrected chi connectivity index (χ1v) is 13.5. The predicted molar refractivity (Wildman–Crippen MR) is 148 cm³/mol. The molecule has 0 spiro atoms. The maximum atomic E-state index is 13.3. The lowest BCUT2D eigenvalue weighted by Gasteiger charge is -2.29. The SMILES string of the molecule is COc1ccccc1-n1c(CNC(=O)c2cccc(C)c2)nnc1SCC(=O)N1CCCc2ccccc21. The fraction of sp³-hybridized carbons (Fsp3) is 0.241. The van der Waals surface area contributed by atoms with Crippen molar-refractivity contribution in [3.05, 3.63) is 95.3 Å². The van der Waals surface area contributed by atoms with Crippen molar-refractivity contribution in [2.24, 2.45) is 0 Å². The number of rotatable bonds is 8. The first-order chi connectivity index (χ1) is 18.5. The third-order valence-electron chi connectivity index (χ3n) is 6.45. The van der Waals surface area contributed by atoms with E-state index in [9.17, 15) is 9.59 Å². The lowest BCUT2D eigenvalue weighted by Crippen LogP contribution is -2.36. The first kappa shape index (κ1) is 25.5. The van der Waals surface area contributed by atoms with Gasteiger partial charge in [0.1, 0.15) is 5.75 Å². The standard InChI is InChI=1S/C29H29N5O3S/c1-20-9-7-11-22(17-20)28(36)30-18-26-31-32-29(34(26)24-14-5-6-15-25(24)37-2)38-19-27(35)33-16-8-12-21-10-3-4-13-23(21)33/h3-7,9-11,13-15,17H,8,12,16,18-19H2,1-2H3,(H,30,36). The van der Waals surface area contributed by atoms with E-state index >= 15 is 0 Å². The number of hydrogen-bond donors (Lipinski definition) is 1. The van der Waals surface area contributed by atoms with Gasteiger partial charge in [-0.3, -0.25) is 14.2 Å². The van der Waals surface area contributed by atoms with E-state index in [1.807, 2.05) is 77.1 Å². The number of aryl methyl sites for hydroxylation is 2. The Morgan fingerprint density at radius 2 is 1.79 bits per heavy atom. The Morgan fingerprint density at radius 3 is 2.61 bits per heavy atom. The summed E-state index contributed by atoms with van der Waals surface area (Å²) in [4.78, 5) is 27.9. The van der Waals surface area contributed by atoms with Gasteiger partial charge >= 0.3 is 0 Å². The predicted octanol–water partition coefficient (Wildman–Crippen LogP) is 4.59. The van der Waals surface area contributed by atoms with Gasteiger partial charge in [0.15, 0.2) is 11.0 Å². The molecule has 0 unspecified atom stereocenters. The molecule has 194 valence electrons. The third-order valence-corrected chi connectivity index (χ3v) is 7.36. The van der Waals surface area contributed by atoms with Crippen molar-refractivity contribution in [2.75, 3.05) is 24.3 Å². The van der Waals surface area contributed by atoms with E-state index in [-0.39, 0.29) is 24.1 Å². The number of nitrogens with one attached hydrogen (secondary N) is 1. The highest BCUT2D eigenvalue weighted by Gasteiger charge is 2.24. The number of fused-ring (bicyclic) bond motifs is 1. The molecular weight excluding hydrogens is 498 g/mol. The fourth-order valence-electron chi connectivity index (χ4n) is 4.61. The molecule has 38 heavy (non-hydrogen) atoms. The largest absolute Gasteiger partial charge is 0.495 e. The Labute approximate surface area is 226 Å². The second kappa shape index (κ2) is 11.5. The molecule has 0 radical (unpaired) electrons. The minimum Gasteiger partial charge on any atom is -0.495 e. The molecule has 9 heteroatoms. The Bertz CT molecular complexity index is 1470. The van der Waals surface area contributed by atoms with Gasteiger partial charge in [-0.25, -0.2) is 0 Å². The van der Waals surface area contributed by atoms with Crippen molar-refractivity contribution in [1.82, 2.24) is 20.1 Å². The van der Waals surface area contributed by atoms with Crippen LogP contribution < -0.4 is 15.0 Å². The molecule has 0 fully saturated rings. The van der Waals surface area contributed by atoms with E-state index in [4.69, 9.17) is 4.74 Å². The number of hydrogen-bond acceptors (Lipinski definition) is 6. The first-order valence-electron chi connectivity index (χ1n) is 12.5. The summed E-state index contributed by atoms with van der Waals surface area (Å²) in [6, 6.07) is 23.0. The van der Waals surface area contributed by atoms with Crippen molar-refractivity contribution in [3.63, 3.8) is 0 Å². The zero-order chi connectivity index (χ0) is 26.5. The molecule has 1 aromatic heterocycles. The number of carbonyl (C=O) groups is 2. The van der Waals surface area contributed by atoms with Crippen LogP contribution in [0.25, 0.3) is 5.69 Å². The van der Waals surface area contributed by atoms with Gasteiger partial charge < -0.3 is 15.0 Å². The summed E-state index contributed by atoms with van der Waals surface area (Å²) >= 11 is 1.32. The normalized spacial score (nSPS) is 12.6. The highest BCUT2D eigenvalue weighted by atomic mass is 32.2. The van der Waals surface area contributed by atoms with E-state index in [1.165, 1.54) is 17.3 Å². The molecule has 0 saturated heterocycles. The highest BCUT2D eigenvalue weighted by molar-refractivity contribution is 7.99. The Hall–Kier alpha value is -4.11. The summed E-state index contributed by atoms with van der Waals surface area (Å²) in [5.74, 6) is 1.20. The van der Waals surface area contributed by atoms with Crippen molar-refractivity contribution in [3.8, 4) is 11.4 Å². The summed E-state index contributed by atoms with van der Waals surface area (Å²) in [6.07, 6.45) is 1.92. The molecular formula is C29H29N5O3S. The van der Waals surface area contributed by atoms with Gasteiger partial charge in [-0.05, 0) is 55.7 Å². The van der Waals surface area contributed by atoms with Gasteiger partial charge in [0.05, 0.1) is 25.1 Å². The molecule has 0 saturated carbocycles. The van der Waals surface area contributed by atoms with Crippen molar-refractivity contribution >= 4 is 29.3 Å². The van der Waals surface area contributed by atoms with Crippen LogP contribution in [0.15, 0.2) is 78.0 Å². The molecule has 0 aliphatic carbocycles. The summed E-state index contributed by atoms with van der Waals surface area (Å²) in [7, 11) is 1.60. The number of thioether (sulfide) groups is 1. The molecule has 1 N–H and O–H groups in total. The topological polar surface area (TPSA) is 89.3 Å². The molecule has 1 aliphatic heterocycles. The average molecular weight is 528 g/mol. The number of methoxy groups -OCH3 is 1. The van der Waals surface area contributed by atoms with Gasteiger partial charge in [-0.1, -0.05) is 59.8 Å². The summed E-state index contributed by atoms with van der Waals surface area (Å²) < 4.78 is 7.44. The number of ether oxygens (including phenoxy) is 1. The second-order valence-electron chi connectivity index (χ2n) is 9.02. The smallest absolute Gasteiger partial charge is 0.251 e. The molecule has 0 atom stereocenters. The van der Waals surface area contributed by atoms with Crippen molar-refractivity contribution in [2.45, 2.75) is 31.5 Å². The summed E-state index contributed by atoms with van der Waals surface area (Å²) in [5.41, 5.74) is 4.50. The molecule has 1 aliphatic rings. The Kier molecular flexibility index (Phi) is 7.74. The molecule has 8 nitrogen and oxygen atoms in total. The van der Waals surface area contributed by atoms with Crippen molar-refractivity contribution in [1.29, 1.82) is 0 Å². The van der Waals surface area contributed by atoms with E-state index in [0.717, 1.165) is 29.8 Å². The second-order valence-corrected chi connectivity index (χ2v) is 9.97. The number of amides is 2. The van der Waals surface area contributed by atoms with Gasteiger partial charge in [-0.15, -0.1) is 10.2 Å². The van der Waals surface area contributed by atoms with Crippen molar-refractivity contribution < 1.29 is 14.3 Å². The van der Waals surface area contributed by atoms with Gasteiger partial charge in [0, 0.05) is 17.8 Å². The van der Waals surface area contributed by atoms with Crippen LogP contribution in [0.4, 0.5) is 5.69 Å². The maximum Gasteiger partial charge on any atom is 0.251 e. The molecule has 5 rings (SSSR count). The van der Waals surface area contributed by atoms with Crippen LogP contribution in [0, 0.1) is 6.92 Å². The summed E-state index contributed by atoms with van der Waals surface area (Å²) in [5, 5.41) is 12.3. The zero-order valence-corrected chi connectivity index (χ0v) is 22.2. The van der Waals surface area contributed by atoms with E-state index < -0.39 is 0 Å². The maximum absolute atomic E-state index is 13.3.